The summed E-state index contributed by atoms with van der Waals surface area (Å²) in [6, 6.07) is 19.5. The molecule has 1 aliphatic heterocycles. The molecule has 4 rings (SSSR count). The molecule has 0 spiro atoms. The lowest BCUT2D eigenvalue weighted by Gasteiger charge is -2.28. The average molecular weight is 402 g/mol. The normalized spacial score (nSPS) is 16.7. The van der Waals surface area contributed by atoms with Gasteiger partial charge in [-0.05, 0) is 66.6 Å². The van der Waals surface area contributed by atoms with E-state index in [9.17, 15) is 9.90 Å². The molecule has 152 valence electrons. The van der Waals surface area contributed by atoms with Crippen LogP contribution in [0.4, 0.5) is 0 Å². The van der Waals surface area contributed by atoms with Crippen LogP contribution in [0.1, 0.15) is 34.5 Å². The van der Waals surface area contributed by atoms with E-state index in [1.54, 1.807) is 13.2 Å². The number of carbonyl (C=O) groups is 1. The lowest BCUT2D eigenvalue weighted by Crippen LogP contribution is -2.23. The van der Waals surface area contributed by atoms with Crippen LogP contribution in [0.2, 0.25) is 0 Å². The summed E-state index contributed by atoms with van der Waals surface area (Å²) in [6.45, 7) is 2.51. The van der Waals surface area contributed by atoms with Crippen molar-refractivity contribution in [2.45, 2.75) is 13.0 Å². The highest BCUT2D eigenvalue weighted by molar-refractivity contribution is 6.14. The first-order chi connectivity index (χ1) is 14.6. The number of ketones is 1. The minimum absolute atomic E-state index is 0.0222. The number of rotatable bonds is 5. The Labute approximate surface area is 175 Å². The third-order valence-electron chi connectivity index (χ3n) is 4.93. The maximum absolute atomic E-state index is 13.3. The van der Waals surface area contributed by atoms with E-state index < -0.39 is 6.10 Å². The SMILES string of the molecule is CCOc1ccc(C2Oc3ccc(O)cc3C(=O)C2=Cc2ccc(OC)cc2)cc1. The van der Waals surface area contributed by atoms with Gasteiger partial charge < -0.3 is 19.3 Å². The summed E-state index contributed by atoms with van der Waals surface area (Å²) in [5, 5.41) is 9.85. The molecular weight excluding hydrogens is 380 g/mol. The molecule has 0 aromatic heterocycles. The Kier molecular flexibility index (Phi) is 5.44. The third-order valence-corrected chi connectivity index (χ3v) is 4.93. The number of Topliss-reactive ketones (excluding diaryl/α,β-unsaturated/α-hetero) is 1. The quantitative estimate of drug-likeness (QED) is 0.594. The maximum atomic E-state index is 13.3. The van der Waals surface area contributed by atoms with Crippen molar-refractivity contribution in [3.05, 3.63) is 89.0 Å². The van der Waals surface area contributed by atoms with Gasteiger partial charge in [-0.3, -0.25) is 4.79 Å². The van der Waals surface area contributed by atoms with Gasteiger partial charge in [-0.25, -0.2) is 0 Å². The average Bonchev–Trinajstić information content (AvgIpc) is 2.77. The lowest BCUT2D eigenvalue weighted by atomic mass is 9.89. The molecule has 0 aliphatic carbocycles. The van der Waals surface area contributed by atoms with Gasteiger partial charge in [0.05, 0.1) is 19.3 Å². The molecule has 0 saturated heterocycles. The van der Waals surface area contributed by atoms with Gasteiger partial charge in [0.2, 0.25) is 0 Å². The number of benzene rings is 3. The maximum Gasteiger partial charge on any atom is 0.196 e. The van der Waals surface area contributed by atoms with Gasteiger partial charge in [-0.15, -0.1) is 0 Å². The van der Waals surface area contributed by atoms with Crippen LogP contribution in [0.25, 0.3) is 6.08 Å². The van der Waals surface area contributed by atoms with Gasteiger partial charge in [-0.1, -0.05) is 24.3 Å². The molecule has 30 heavy (non-hydrogen) atoms. The Hall–Kier alpha value is -3.73. The van der Waals surface area contributed by atoms with E-state index in [2.05, 4.69) is 0 Å². The number of hydrogen-bond acceptors (Lipinski definition) is 5. The minimum Gasteiger partial charge on any atom is -0.508 e. The monoisotopic (exact) mass is 402 g/mol. The lowest BCUT2D eigenvalue weighted by molar-refractivity contribution is 0.0963. The van der Waals surface area contributed by atoms with Crippen molar-refractivity contribution in [1.29, 1.82) is 0 Å². The summed E-state index contributed by atoms with van der Waals surface area (Å²) in [5.74, 6) is 1.79. The van der Waals surface area contributed by atoms with Crippen LogP contribution in [0.3, 0.4) is 0 Å². The molecule has 0 amide bonds. The number of phenols is 1. The minimum atomic E-state index is -0.577. The zero-order valence-corrected chi connectivity index (χ0v) is 16.8. The van der Waals surface area contributed by atoms with E-state index in [0.29, 0.717) is 23.5 Å². The highest BCUT2D eigenvalue weighted by Crippen LogP contribution is 2.40. The first kappa shape index (κ1) is 19.6. The Morgan fingerprint density at radius 2 is 1.70 bits per heavy atom. The van der Waals surface area contributed by atoms with E-state index in [1.807, 2.05) is 61.5 Å². The number of ether oxygens (including phenoxy) is 3. The van der Waals surface area contributed by atoms with Crippen molar-refractivity contribution < 1.29 is 24.1 Å². The molecule has 1 unspecified atom stereocenters. The summed E-state index contributed by atoms with van der Waals surface area (Å²) in [6.07, 6.45) is 1.24. The molecule has 1 atom stereocenters. The van der Waals surface area contributed by atoms with E-state index in [0.717, 1.165) is 22.6 Å². The molecule has 3 aromatic carbocycles. The van der Waals surface area contributed by atoms with Crippen LogP contribution in [-0.2, 0) is 0 Å². The number of aromatic hydroxyl groups is 1. The molecule has 0 saturated carbocycles. The molecular formula is C25H22O5. The van der Waals surface area contributed by atoms with Crippen molar-refractivity contribution in [3.63, 3.8) is 0 Å². The fourth-order valence-corrected chi connectivity index (χ4v) is 3.44. The van der Waals surface area contributed by atoms with Crippen LogP contribution in [0.15, 0.2) is 72.3 Å². The topological polar surface area (TPSA) is 65.0 Å². The summed E-state index contributed by atoms with van der Waals surface area (Å²) in [7, 11) is 1.61. The third kappa shape index (κ3) is 3.87. The second-order valence-corrected chi connectivity index (χ2v) is 6.88. The predicted octanol–water partition coefficient (Wildman–Crippen LogP) is 5.20. The fourth-order valence-electron chi connectivity index (χ4n) is 3.44. The number of hydrogen-bond donors (Lipinski definition) is 1. The van der Waals surface area contributed by atoms with Gasteiger partial charge in [0.15, 0.2) is 11.9 Å². The van der Waals surface area contributed by atoms with Crippen molar-refractivity contribution in [2.75, 3.05) is 13.7 Å². The number of phenolic OH excluding ortho intramolecular Hbond substituents is 1. The second kappa shape index (κ2) is 8.33. The van der Waals surface area contributed by atoms with Crippen molar-refractivity contribution in [2.24, 2.45) is 0 Å². The zero-order valence-electron chi connectivity index (χ0n) is 16.8. The molecule has 1 aliphatic rings. The van der Waals surface area contributed by atoms with Crippen LogP contribution in [0.5, 0.6) is 23.0 Å². The zero-order chi connectivity index (χ0) is 21.1. The molecule has 1 heterocycles. The highest BCUT2D eigenvalue weighted by Gasteiger charge is 2.33. The molecule has 0 radical (unpaired) electrons. The summed E-state index contributed by atoms with van der Waals surface area (Å²) < 4.78 is 16.9. The van der Waals surface area contributed by atoms with E-state index >= 15 is 0 Å². The van der Waals surface area contributed by atoms with Crippen LogP contribution in [0, 0.1) is 0 Å². The molecule has 5 heteroatoms. The molecule has 0 bridgehead atoms. The number of carbonyl (C=O) groups excluding carboxylic acids is 1. The van der Waals surface area contributed by atoms with Crippen molar-refractivity contribution >= 4 is 11.9 Å². The Bertz CT molecular complexity index is 1080. The smallest absolute Gasteiger partial charge is 0.196 e. The summed E-state index contributed by atoms with van der Waals surface area (Å²) in [4.78, 5) is 13.3. The Morgan fingerprint density at radius 1 is 1.00 bits per heavy atom. The molecule has 5 nitrogen and oxygen atoms in total. The van der Waals surface area contributed by atoms with E-state index in [-0.39, 0.29) is 11.5 Å². The van der Waals surface area contributed by atoms with Crippen molar-refractivity contribution in [3.8, 4) is 23.0 Å². The largest absolute Gasteiger partial charge is 0.508 e. The Balaban J connectivity index is 1.78. The first-order valence-electron chi connectivity index (χ1n) is 9.72. The highest BCUT2D eigenvalue weighted by atomic mass is 16.5. The van der Waals surface area contributed by atoms with Gasteiger partial charge in [0.25, 0.3) is 0 Å². The van der Waals surface area contributed by atoms with Gasteiger partial charge in [-0.2, -0.15) is 0 Å². The second-order valence-electron chi connectivity index (χ2n) is 6.88. The van der Waals surface area contributed by atoms with Crippen LogP contribution >= 0.6 is 0 Å². The molecule has 0 fully saturated rings. The summed E-state index contributed by atoms with van der Waals surface area (Å²) in [5.41, 5.74) is 2.52. The first-order valence-corrected chi connectivity index (χ1v) is 9.72. The van der Waals surface area contributed by atoms with Gasteiger partial charge >= 0.3 is 0 Å². The molecule has 3 aromatic rings. The molecule has 1 N–H and O–H groups in total. The van der Waals surface area contributed by atoms with Gasteiger partial charge in [0, 0.05) is 5.57 Å². The van der Waals surface area contributed by atoms with Gasteiger partial charge in [0.1, 0.15) is 23.0 Å². The van der Waals surface area contributed by atoms with Crippen LogP contribution in [-0.4, -0.2) is 24.6 Å². The van der Waals surface area contributed by atoms with Crippen LogP contribution < -0.4 is 14.2 Å². The van der Waals surface area contributed by atoms with E-state index in [4.69, 9.17) is 14.2 Å². The number of methoxy groups -OCH3 is 1. The predicted molar refractivity (Wildman–Crippen MR) is 114 cm³/mol. The summed E-state index contributed by atoms with van der Waals surface area (Å²) >= 11 is 0. The van der Waals surface area contributed by atoms with E-state index in [1.165, 1.54) is 12.1 Å². The fraction of sp³-hybridized carbons (Fsp3) is 0.160. The van der Waals surface area contributed by atoms with Crippen molar-refractivity contribution in [1.82, 2.24) is 0 Å². The Morgan fingerprint density at radius 3 is 2.37 bits per heavy atom. The number of fused-ring (bicyclic) bond motifs is 1. The standard InChI is InChI=1S/C25H22O5/c1-3-29-20-11-6-17(7-12-20)25-22(14-16-4-9-19(28-2)10-5-16)24(27)21-15-18(26)8-13-23(21)30-25/h4-15,25-26H,3H2,1-2H3.